The maximum atomic E-state index is 11.9. The van der Waals surface area contributed by atoms with Gasteiger partial charge in [0.05, 0.1) is 22.3 Å². The van der Waals surface area contributed by atoms with E-state index >= 15 is 0 Å². The number of hydrogen-bond acceptors (Lipinski definition) is 6. The number of rotatable bonds is 7. The van der Waals surface area contributed by atoms with Gasteiger partial charge in [-0.05, 0) is 59.1 Å². The van der Waals surface area contributed by atoms with Crippen LogP contribution in [0.1, 0.15) is 106 Å². The standard InChI is InChI=1S/C26H26O6/c1-25(2,15-7-9-17-19(13-15)23(29)31-21(17)27)11-5-6-12-26(3,4)16-8-10-18-20(14-16)24(30)32-22(18)28/h7-10,13-14H,5-6,11-12H2,1-4H3. The van der Waals surface area contributed by atoms with Crippen LogP contribution in [0.5, 0.6) is 0 Å². The monoisotopic (exact) mass is 434 g/mol. The average molecular weight is 434 g/mol. The summed E-state index contributed by atoms with van der Waals surface area (Å²) in [4.78, 5) is 47.1. The number of cyclic esters (lactones) is 4. The molecular weight excluding hydrogens is 408 g/mol. The number of hydrogen-bond donors (Lipinski definition) is 0. The van der Waals surface area contributed by atoms with Gasteiger partial charge < -0.3 is 9.47 Å². The van der Waals surface area contributed by atoms with E-state index in [1.165, 1.54) is 0 Å². The number of esters is 4. The zero-order chi connectivity index (χ0) is 23.3. The van der Waals surface area contributed by atoms with Gasteiger partial charge in [-0.1, -0.05) is 52.7 Å². The van der Waals surface area contributed by atoms with Gasteiger partial charge in [0, 0.05) is 0 Å². The summed E-state index contributed by atoms with van der Waals surface area (Å²) in [6.07, 6.45) is 3.77. The molecule has 0 amide bonds. The lowest BCUT2D eigenvalue weighted by Crippen LogP contribution is -2.20. The Kier molecular flexibility index (Phi) is 5.27. The minimum Gasteiger partial charge on any atom is -0.386 e. The number of ether oxygens (including phenoxy) is 2. The third kappa shape index (κ3) is 3.85. The van der Waals surface area contributed by atoms with Crippen molar-refractivity contribution in [1.82, 2.24) is 0 Å². The van der Waals surface area contributed by atoms with Crippen LogP contribution in [0.25, 0.3) is 0 Å². The van der Waals surface area contributed by atoms with Gasteiger partial charge in [-0.3, -0.25) is 0 Å². The van der Waals surface area contributed by atoms with E-state index in [1.807, 2.05) is 12.1 Å². The van der Waals surface area contributed by atoms with Crippen LogP contribution in [-0.2, 0) is 20.3 Å². The molecule has 2 heterocycles. The van der Waals surface area contributed by atoms with Crippen molar-refractivity contribution >= 4 is 23.9 Å². The smallest absolute Gasteiger partial charge is 0.346 e. The first kappa shape index (κ1) is 21.9. The van der Waals surface area contributed by atoms with Gasteiger partial charge in [-0.2, -0.15) is 0 Å². The van der Waals surface area contributed by atoms with Crippen LogP contribution in [-0.4, -0.2) is 23.9 Å². The molecule has 6 nitrogen and oxygen atoms in total. The van der Waals surface area contributed by atoms with E-state index in [4.69, 9.17) is 9.47 Å². The van der Waals surface area contributed by atoms with Gasteiger partial charge in [0.15, 0.2) is 0 Å². The van der Waals surface area contributed by atoms with Crippen molar-refractivity contribution in [2.45, 2.75) is 64.2 Å². The normalized spacial score (nSPS) is 15.5. The van der Waals surface area contributed by atoms with Crippen molar-refractivity contribution in [3.63, 3.8) is 0 Å². The second-order valence-corrected chi connectivity index (χ2v) is 9.85. The summed E-state index contributed by atoms with van der Waals surface area (Å²) in [7, 11) is 0. The fraction of sp³-hybridized carbons (Fsp3) is 0.385. The summed E-state index contributed by atoms with van der Waals surface area (Å²) in [6.45, 7) is 8.52. The topological polar surface area (TPSA) is 86.7 Å². The van der Waals surface area contributed by atoms with E-state index in [1.54, 1.807) is 24.3 Å². The van der Waals surface area contributed by atoms with E-state index in [2.05, 4.69) is 27.7 Å². The quantitative estimate of drug-likeness (QED) is 0.341. The molecule has 0 aliphatic carbocycles. The van der Waals surface area contributed by atoms with E-state index in [0.717, 1.165) is 36.8 Å². The molecule has 166 valence electrons. The highest BCUT2D eigenvalue weighted by atomic mass is 16.6. The molecule has 0 unspecified atom stereocenters. The van der Waals surface area contributed by atoms with E-state index < -0.39 is 23.9 Å². The van der Waals surface area contributed by atoms with Gasteiger partial charge in [0.2, 0.25) is 0 Å². The predicted octanol–water partition coefficient (Wildman–Crippen LogP) is 5.12. The Labute approximate surface area is 186 Å². The first-order valence-electron chi connectivity index (χ1n) is 10.8. The predicted molar refractivity (Wildman–Crippen MR) is 117 cm³/mol. The lowest BCUT2D eigenvalue weighted by Gasteiger charge is -2.28. The molecule has 0 N–H and O–H groups in total. The molecule has 0 saturated heterocycles. The third-order valence-electron chi connectivity index (χ3n) is 6.71. The number of unbranched alkanes of at least 4 members (excludes halogenated alkanes) is 1. The molecule has 6 heteroatoms. The minimum absolute atomic E-state index is 0.164. The molecule has 2 aliphatic rings. The van der Waals surface area contributed by atoms with Gasteiger partial charge in [0.1, 0.15) is 0 Å². The molecule has 0 saturated carbocycles. The average Bonchev–Trinajstić information content (AvgIpc) is 3.19. The summed E-state index contributed by atoms with van der Waals surface area (Å²) < 4.78 is 9.38. The van der Waals surface area contributed by atoms with E-state index in [9.17, 15) is 19.2 Å². The molecule has 32 heavy (non-hydrogen) atoms. The second kappa shape index (κ2) is 7.69. The van der Waals surface area contributed by atoms with Crippen LogP contribution >= 0.6 is 0 Å². The Morgan fingerprint density at radius 3 is 1.28 bits per heavy atom. The number of carbonyl (C=O) groups is 4. The summed E-state index contributed by atoms with van der Waals surface area (Å²) in [5.74, 6) is -2.32. The van der Waals surface area contributed by atoms with Crippen molar-refractivity contribution in [2.24, 2.45) is 0 Å². The molecule has 0 radical (unpaired) electrons. The highest BCUT2D eigenvalue weighted by Gasteiger charge is 2.33. The number of carbonyl (C=O) groups excluding carboxylic acids is 4. The van der Waals surface area contributed by atoms with Crippen molar-refractivity contribution < 1.29 is 28.7 Å². The first-order valence-corrected chi connectivity index (χ1v) is 10.8. The van der Waals surface area contributed by atoms with Crippen molar-refractivity contribution in [1.29, 1.82) is 0 Å². The molecule has 0 atom stereocenters. The van der Waals surface area contributed by atoms with Crippen LogP contribution in [0.2, 0.25) is 0 Å². The Balaban J connectivity index is 1.38. The third-order valence-corrected chi connectivity index (χ3v) is 6.71. The van der Waals surface area contributed by atoms with Crippen molar-refractivity contribution in [3.8, 4) is 0 Å². The lowest BCUT2D eigenvalue weighted by molar-refractivity contribution is 0.0425. The maximum absolute atomic E-state index is 11.9. The molecule has 0 spiro atoms. The fourth-order valence-electron chi connectivity index (χ4n) is 4.44. The summed E-state index contributed by atoms with van der Waals surface area (Å²) >= 11 is 0. The maximum Gasteiger partial charge on any atom is 0.346 e. The fourth-order valence-corrected chi connectivity index (χ4v) is 4.44. The SMILES string of the molecule is CC(C)(CCCCC(C)(C)c1ccc2c(c1)C(=O)OC2=O)c1ccc2c(c1)C(=O)OC2=O. The van der Waals surface area contributed by atoms with Gasteiger partial charge >= 0.3 is 23.9 Å². The zero-order valence-electron chi connectivity index (χ0n) is 18.7. The van der Waals surface area contributed by atoms with Gasteiger partial charge in [-0.15, -0.1) is 0 Å². The molecule has 2 aliphatic heterocycles. The van der Waals surface area contributed by atoms with E-state index in [-0.39, 0.29) is 10.8 Å². The van der Waals surface area contributed by atoms with Gasteiger partial charge in [0.25, 0.3) is 0 Å². The molecule has 2 aromatic carbocycles. The van der Waals surface area contributed by atoms with Gasteiger partial charge in [-0.25, -0.2) is 19.2 Å². The second-order valence-electron chi connectivity index (χ2n) is 9.85. The van der Waals surface area contributed by atoms with Crippen LogP contribution in [0.15, 0.2) is 36.4 Å². The number of benzene rings is 2. The Bertz CT molecular complexity index is 1060. The Hall–Kier alpha value is -3.28. The molecule has 0 fully saturated rings. The zero-order valence-corrected chi connectivity index (χ0v) is 18.7. The van der Waals surface area contributed by atoms with Crippen LogP contribution in [0, 0.1) is 0 Å². The minimum atomic E-state index is -0.583. The van der Waals surface area contributed by atoms with Crippen molar-refractivity contribution in [3.05, 3.63) is 69.8 Å². The largest absolute Gasteiger partial charge is 0.386 e. The summed E-state index contributed by atoms with van der Waals surface area (Å²) in [5.41, 5.74) is 3.02. The summed E-state index contributed by atoms with van der Waals surface area (Å²) in [6, 6.07) is 10.7. The highest BCUT2D eigenvalue weighted by Crippen LogP contribution is 2.35. The first-order chi connectivity index (χ1) is 15.0. The van der Waals surface area contributed by atoms with Crippen LogP contribution in [0.4, 0.5) is 0 Å². The van der Waals surface area contributed by atoms with E-state index in [0.29, 0.717) is 22.3 Å². The van der Waals surface area contributed by atoms with Crippen LogP contribution in [0.3, 0.4) is 0 Å². The summed E-state index contributed by atoms with van der Waals surface area (Å²) in [5, 5.41) is 0. The van der Waals surface area contributed by atoms with Crippen molar-refractivity contribution in [2.75, 3.05) is 0 Å². The molecule has 0 aromatic heterocycles. The molecule has 0 bridgehead atoms. The molecule has 4 rings (SSSR count). The lowest BCUT2D eigenvalue weighted by atomic mass is 9.76. The molecule has 2 aromatic rings. The Morgan fingerprint density at radius 2 is 0.906 bits per heavy atom. The number of fused-ring (bicyclic) bond motifs is 2. The Morgan fingerprint density at radius 1 is 0.562 bits per heavy atom. The highest BCUT2D eigenvalue weighted by molar-refractivity contribution is 6.15. The van der Waals surface area contributed by atoms with Crippen LogP contribution < -0.4 is 0 Å². The molecular formula is C26H26O6.